The van der Waals surface area contributed by atoms with Gasteiger partial charge in [0.05, 0.1) is 12.6 Å². The van der Waals surface area contributed by atoms with E-state index in [2.05, 4.69) is 50.2 Å². The molecule has 1 fully saturated rings. The highest BCUT2D eigenvalue weighted by Gasteiger charge is 2.45. The molecule has 1 saturated heterocycles. The second-order valence-corrected chi connectivity index (χ2v) is 9.71. The molecular formula is C25H38N2O4. The Hall–Kier alpha value is -2.05. The van der Waals surface area contributed by atoms with Crippen LogP contribution < -0.4 is 0 Å². The highest BCUT2D eigenvalue weighted by atomic mass is 16.5. The number of nitrogens with one attached hydrogen (secondary N) is 1. The average Bonchev–Trinajstić information content (AvgIpc) is 3.25. The minimum absolute atomic E-state index is 0.122. The van der Waals surface area contributed by atoms with Crippen molar-refractivity contribution in [3.63, 3.8) is 0 Å². The van der Waals surface area contributed by atoms with Gasteiger partial charge in [0.1, 0.15) is 5.72 Å². The molecule has 0 aliphatic carbocycles. The van der Waals surface area contributed by atoms with Gasteiger partial charge in [-0.2, -0.15) is 0 Å². The molecule has 1 amide bonds. The minimum atomic E-state index is -0.905. The first-order chi connectivity index (χ1) is 14.7. The lowest BCUT2D eigenvalue weighted by molar-refractivity contribution is -0.0427. The molecule has 1 aliphatic heterocycles. The molecule has 2 aromatic rings. The van der Waals surface area contributed by atoms with Crippen molar-refractivity contribution in [3.8, 4) is 0 Å². The number of fused-ring (bicyclic) bond motifs is 1. The number of aromatic nitrogens is 1. The molecule has 31 heavy (non-hydrogen) atoms. The zero-order valence-electron chi connectivity index (χ0n) is 19.8. The Bertz CT molecular complexity index is 889. The van der Waals surface area contributed by atoms with Gasteiger partial charge in [-0.3, -0.25) is 4.90 Å². The van der Waals surface area contributed by atoms with Crippen LogP contribution >= 0.6 is 0 Å². The molecule has 1 aromatic heterocycles. The van der Waals surface area contributed by atoms with Crippen molar-refractivity contribution in [2.75, 3.05) is 20.3 Å². The Kier molecular flexibility index (Phi) is 7.32. The van der Waals surface area contributed by atoms with Gasteiger partial charge in [-0.05, 0) is 74.1 Å². The number of aryl methyl sites for hydroxylation is 1. The summed E-state index contributed by atoms with van der Waals surface area (Å²) < 4.78 is 11.0. The smallest absolute Gasteiger partial charge is 0.409 e. The number of carboxylic acid groups (broad SMARTS) is 1. The molecule has 0 saturated carbocycles. The van der Waals surface area contributed by atoms with Crippen molar-refractivity contribution in [2.45, 2.75) is 71.6 Å². The van der Waals surface area contributed by atoms with Crippen LogP contribution in [0, 0.1) is 11.8 Å². The predicted molar refractivity (Wildman–Crippen MR) is 124 cm³/mol. The highest BCUT2D eigenvalue weighted by Crippen LogP contribution is 2.39. The van der Waals surface area contributed by atoms with Crippen LogP contribution in [0.2, 0.25) is 0 Å². The van der Waals surface area contributed by atoms with Crippen LogP contribution in [0.3, 0.4) is 0 Å². The predicted octanol–water partition coefficient (Wildman–Crippen LogP) is 5.63. The van der Waals surface area contributed by atoms with E-state index < -0.39 is 11.8 Å². The number of H-pyrrole nitrogens is 1. The molecule has 6 nitrogen and oxygen atoms in total. The average molecular weight is 431 g/mol. The molecule has 0 bridgehead atoms. The normalized spacial score (nSPS) is 20.5. The molecule has 1 aliphatic rings. The summed E-state index contributed by atoms with van der Waals surface area (Å²) in [5, 5.41) is 11.1. The number of benzene rings is 1. The summed E-state index contributed by atoms with van der Waals surface area (Å²) >= 11 is 0. The molecule has 2 N–H and O–H groups in total. The Labute approximate surface area is 185 Å². The zero-order valence-corrected chi connectivity index (χ0v) is 19.8. The number of nitrogens with zero attached hydrogens (tertiary/aromatic N) is 1. The molecule has 3 rings (SSSR count). The summed E-state index contributed by atoms with van der Waals surface area (Å²) in [6, 6.07) is 6.58. The fraction of sp³-hybridized carbons (Fsp3) is 0.640. The van der Waals surface area contributed by atoms with E-state index in [0.29, 0.717) is 24.4 Å². The highest BCUT2D eigenvalue weighted by molar-refractivity contribution is 5.84. The third-order valence-corrected chi connectivity index (χ3v) is 6.93. The fourth-order valence-electron chi connectivity index (χ4n) is 5.15. The summed E-state index contributed by atoms with van der Waals surface area (Å²) in [6.45, 7) is 11.6. The molecular weight excluding hydrogens is 392 g/mol. The van der Waals surface area contributed by atoms with Gasteiger partial charge in [0.15, 0.2) is 0 Å². The third-order valence-electron chi connectivity index (χ3n) is 6.93. The Morgan fingerprint density at radius 1 is 1.35 bits per heavy atom. The number of hydrogen-bond donors (Lipinski definition) is 2. The van der Waals surface area contributed by atoms with Gasteiger partial charge in [0.2, 0.25) is 0 Å². The summed E-state index contributed by atoms with van der Waals surface area (Å²) in [6.07, 6.45) is 3.98. The van der Waals surface area contributed by atoms with E-state index in [-0.39, 0.29) is 6.04 Å². The van der Waals surface area contributed by atoms with E-state index in [1.54, 1.807) is 7.11 Å². The molecule has 0 spiro atoms. The summed E-state index contributed by atoms with van der Waals surface area (Å²) in [4.78, 5) is 16.8. The van der Waals surface area contributed by atoms with Crippen molar-refractivity contribution in [3.05, 3.63) is 35.5 Å². The Balaban J connectivity index is 1.83. The summed E-state index contributed by atoms with van der Waals surface area (Å²) in [5.41, 5.74) is 3.01. The van der Waals surface area contributed by atoms with Gasteiger partial charge in [-0.15, -0.1) is 0 Å². The van der Waals surface area contributed by atoms with E-state index >= 15 is 0 Å². The first kappa shape index (κ1) is 23.6. The van der Waals surface area contributed by atoms with E-state index in [1.165, 1.54) is 21.4 Å². The minimum Gasteiger partial charge on any atom is -0.465 e. The SMILES string of the molecule is COCCCc1c[nH]c2ccc(C(C)C(CC3COC(C)(C)N3C(=O)O)C(C)C)cc12. The number of ether oxygens (including phenoxy) is 2. The van der Waals surface area contributed by atoms with Gasteiger partial charge < -0.3 is 19.6 Å². The van der Waals surface area contributed by atoms with Gasteiger partial charge in [0.25, 0.3) is 0 Å². The van der Waals surface area contributed by atoms with Gasteiger partial charge in [-0.1, -0.05) is 26.8 Å². The Morgan fingerprint density at radius 2 is 2.10 bits per heavy atom. The first-order valence-electron chi connectivity index (χ1n) is 11.4. The van der Waals surface area contributed by atoms with Crippen LogP contribution in [0.25, 0.3) is 10.9 Å². The van der Waals surface area contributed by atoms with Crippen molar-refractivity contribution in [1.29, 1.82) is 0 Å². The van der Waals surface area contributed by atoms with E-state index in [9.17, 15) is 9.90 Å². The first-order valence-corrected chi connectivity index (χ1v) is 11.4. The monoisotopic (exact) mass is 430 g/mol. The molecule has 1 aromatic carbocycles. The number of carbonyl (C=O) groups is 1. The molecule has 0 radical (unpaired) electrons. The summed E-state index contributed by atoms with van der Waals surface area (Å²) in [7, 11) is 1.74. The zero-order chi connectivity index (χ0) is 22.8. The van der Waals surface area contributed by atoms with Crippen LogP contribution in [0.15, 0.2) is 24.4 Å². The van der Waals surface area contributed by atoms with Gasteiger partial charge >= 0.3 is 6.09 Å². The topological polar surface area (TPSA) is 74.8 Å². The largest absolute Gasteiger partial charge is 0.465 e. The maximum Gasteiger partial charge on any atom is 0.409 e. The van der Waals surface area contributed by atoms with E-state index in [1.807, 2.05) is 13.8 Å². The fourth-order valence-corrected chi connectivity index (χ4v) is 5.15. The molecule has 3 atom stereocenters. The lowest BCUT2D eigenvalue weighted by atomic mass is 9.76. The standard InChI is InChI=1S/C25H38N2O4/c1-16(2)21(13-20-15-31-25(4,5)27(20)24(28)29)17(3)18-9-10-23-22(12-18)19(14-26-23)8-7-11-30-6/h9-10,12,14,16-17,20-21,26H,7-8,11,13,15H2,1-6H3,(H,28,29). The maximum absolute atomic E-state index is 11.9. The van der Waals surface area contributed by atoms with Crippen LogP contribution in [-0.4, -0.2) is 53.2 Å². The molecule has 2 heterocycles. The van der Waals surface area contributed by atoms with Crippen molar-refractivity contribution < 1.29 is 19.4 Å². The lowest BCUT2D eigenvalue weighted by Crippen LogP contribution is -2.48. The lowest BCUT2D eigenvalue weighted by Gasteiger charge is -2.35. The molecule has 172 valence electrons. The maximum atomic E-state index is 11.9. The molecule has 3 unspecified atom stereocenters. The van der Waals surface area contributed by atoms with E-state index in [4.69, 9.17) is 9.47 Å². The Morgan fingerprint density at radius 3 is 2.74 bits per heavy atom. The van der Waals surface area contributed by atoms with Crippen LogP contribution in [0.1, 0.15) is 64.5 Å². The number of amides is 1. The number of hydrogen-bond acceptors (Lipinski definition) is 3. The number of rotatable bonds is 9. The number of methoxy groups -OCH3 is 1. The number of aromatic amines is 1. The van der Waals surface area contributed by atoms with Crippen LogP contribution in [0.5, 0.6) is 0 Å². The molecule has 6 heteroatoms. The van der Waals surface area contributed by atoms with Crippen molar-refractivity contribution in [2.24, 2.45) is 11.8 Å². The van der Waals surface area contributed by atoms with Crippen LogP contribution in [0.4, 0.5) is 4.79 Å². The second-order valence-electron chi connectivity index (χ2n) is 9.71. The van der Waals surface area contributed by atoms with Gasteiger partial charge in [-0.25, -0.2) is 4.79 Å². The van der Waals surface area contributed by atoms with Crippen molar-refractivity contribution >= 4 is 17.0 Å². The van der Waals surface area contributed by atoms with Crippen molar-refractivity contribution in [1.82, 2.24) is 9.88 Å². The second kappa shape index (κ2) is 9.61. The summed E-state index contributed by atoms with van der Waals surface area (Å²) in [5.74, 6) is 1.08. The quantitative estimate of drug-likeness (QED) is 0.506. The van der Waals surface area contributed by atoms with Crippen LogP contribution in [-0.2, 0) is 15.9 Å². The van der Waals surface area contributed by atoms with E-state index in [0.717, 1.165) is 31.4 Å². The third kappa shape index (κ3) is 5.07. The van der Waals surface area contributed by atoms with Gasteiger partial charge in [0, 0.05) is 30.8 Å².